The maximum atomic E-state index is 11.9. The monoisotopic (exact) mass is 275 g/mol. The number of fused-ring (bicyclic) bond motifs is 1. The number of benzene rings is 1. The summed E-state index contributed by atoms with van der Waals surface area (Å²) in [4.78, 5) is 0.124. The quantitative estimate of drug-likeness (QED) is 0.815. The summed E-state index contributed by atoms with van der Waals surface area (Å²) in [5, 5.41) is 2.90. The normalized spacial score (nSPS) is 18.9. The van der Waals surface area contributed by atoms with Crippen molar-refractivity contribution in [3.63, 3.8) is 0 Å². The van der Waals surface area contributed by atoms with Crippen molar-refractivity contribution in [3.05, 3.63) is 18.2 Å². The molecule has 0 atom stereocenters. The van der Waals surface area contributed by atoms with Gasteiger partial charge in [0.1, 0.15) is 0 Å². The number of anilines is 1. The molecule has 0 unspecified atom stereocenters. The molecule has 0 saturated carbocycles. The summed E-state index contributed by atoms with van der Waals surface area (Å²) in [6.45, 7) is 0.457. The summed E-state index contributed by atoms with van der Waals surface area (Å²) in [5.41, 5.74) is 0.215. The van der Waals surface area contributed by atoms with Crippen LogP contribution in [0.4, 0.5) is 5.69 Å². The molecular weight excluding hydrogens is 262 g/mol. The smallest absolute Gasteiger partial charge is 0.180 e. The van der Waals surface area contributed by atoms with Gasteiger partial charge in [-0.3, -0.25) is 0 Å². The minimum Gasteiger partial charge on any atom is -0.383 e. The zero-order valence-corrected chi connectivity index (χ0v) is 10.9. The number of nitrogens with one attached hydrogen (secondary N) is 1. The van der Waals surface area contributed by atoms with Crippen molar-refractivity contribution in [1.29, 1.82) is 0 Å². The first-order chi connectivity index (χ1) is 7.82. The summed E-state index contributed by atoms with van der Waals surface area (Å²) >= 11 is 0. The van der Waals surface area contributed by atoms with Crippen LogP contribution in [-0.2, 0) is 19.7 Å². The Kier molecular flexibility index (Phi) is 2.90. The third-order valence-electron chi connectivity index (χ3n) is 2.61. The van der Waals surface area contributed by atoms with E-state index in [-0.39, 0.29) is 21.2 Å². The van der Waals surface area contributed by atoms with E-state index in [2.05, 4.69) is 5.32 Å². The van der Waals surface area contributed by atoms with Crippen LogP contribution in [0, 0.1) is 0 Å². The summed E-state index contributed by atoms with van der Waals surface area (Å²) in [7, 11) is -6.83. The third-order valence-corrected chi connectivity index (χ3v) is 5.59. The van der Waals surface area contributed by atoms with Crippen LogP contribution in [0.25, 0.3) is 0 Å². The fourth-order valence-electron chi connectivity index (χ4n) is 1.84. The second-order valence-electron chi connectivity index (χ2n) is 4.00. The number of sulfone groups is 2. The van der Waals surface area contributed by atoms with E-state index in [0.717, 1.165) is 6.26 Å². The van der Waals surface area contributed by atoms with E-state index in [9.17, 15) is 16.8 Å². The molecule has 0 aliphatic carbocycles. The molecule has 1 aromatic carbocycles. The van der Waals surface area contributed by atoms with E-state index < -0.39 is 19.7 Å². The molecule has 0 radical (unpaired) electrons. The van der Waals surface area contributed by atoms with E-state index in [1.165, 1.54) is 18.2 Å². The molecule has 2 rings (SSSR count). The van der Waals surface area contributed by atoms with E-state index in [0.29, 0.717) is 13.0 Å². The largest absolute Gasteiger partial charge is 0.383 e. The number of hydrogen-bond acceptors (Lipinski definition) is 5. The first kappa shape index (κ1) is 12.4. The van der Waals surface area contributed by atoms with Crippen LogP contribution in [0.1, 0.15) is 6.42 Å². The van der Waals surface area contributed by atoms with Crippen molar-refractivity contribution in [3.8, 4) is 0 Å². The maximum absolute atomic E-state index is 11.9. The second-order valence-corrected chi connectivity index (χ2v) is 8.06. The minimum absolute atomic E-state index is 0.0419. The molecular formula is C10H13NO4S2. The molecule has 0 fully saturated rings. The van der Waals surface area contributed by atoms with Crippen LogP contribution < -0.4 is 5.32 Å². The fourth-order valence-corrected chi connectivity index (χ4v) is 4.31. The summed E-state index contributed by atoms with van der Waals surface area (Å²) in [6.07, 6.45) is 1.54. The van der Waals surface area contributed by atoms with Gasteiger partial charge in [0.15, 0.2) is 19.7 Å². The van der Waals surface area contributed by atoms with Gasteiger partial charge in [0, 0.05) is 12.8 Å². The molecule has 94 valence electrons. The van der Waals surface area contributed by atoms with Crippen LogP contribution >= 0.6 is 0 Å². The number of para-hydroxylation sites is 1. The van der Waals surface area contributed by atoms with Crippen molar-refractivity contribution in [2.45, 2.75) is 16.2 Å². The summed E-state index contributed by atoms with van der Waals surface area (Å²) in [5.74, 6) is 0.0419. The zero-order valence-electron chi connectivity index (χ0n) is 9.30. The highest BCUT2D eigenvalue weighted by atomic mass is 32.2. The van der Waals surface area contributed by atoms with Gasteiger partial charge in [-0.1, -0.05) is 6.07 Å². The van der Waals surface area contributed by atoms with Gasteiger partial charge >= 0.3 is 0 Å². The van der Waals surface area contributed by atoms with Gasteiger partial charge in [0.2, 0.25) is 0 Å². The lowest BCUT2D eigenvalue weighted by Crippen LogP contribution is -2.08. The van der Waals surface area contributed by atoms with E-state index in [4.69, 9.17) is 0 Å². The van der Waals surface area contributed by atoms with Crippen molar-refractivity contribution >= 4 is 25.4 Å². The zero-order chi connectivity index (χ0) is 12.7. The van der Waals surface area contributed by atoms with Crippen molar-refractivity contribution in [1.82, 2.24) is 0 Å². The number of hydrogen-bond donors (Lipinski definition) is 1. The van der Waals surface area contributed by atoms with Gasteiger partial charge in [-0.2, -0.15) is 0 Å². The Labute approximate surface area is 101 Å². The Hall–Kier alpha value is -1.08. The lowest BCUT2D eigenvalue weighted by atomic mass is 10.3. The fraction of sp³-hybridized carbons (Fsp3) is 0.400. The molecule has 5 nitrogen and oxygen atoms in total. The second kappa shape index (κ2) is 3.99. The molecule has 1 N–H and O–H groups in total. The van der Waals surface area contributed by atoms with Gasteiger partial charge in [0.05, 0.1) is 21.2 Å². The molecule has 7 heteroatoms. The average molecular weight is 275 g/mol. The Morgan fingerprint density at radius 2 is 2.00 bits per heavy atom. The van der Waals surface area contributed by atoms with Crippen LogP contribution in [0.15, 0.2) is 28.0 Å². The summed E-state index contributed by atoms with van der Waals surface area (Å²) < 4.78 is 47.1. The lowest BCUT2D eigenvalue weighted by molar-refractivity contribution is 0.595. The molecule has 0 saturated heterocycles. The molecule has 1 heterocycles. The first-order valence-corrected chi connectivity index (χ1v) is 8.66. The highest BCUT2D eigenvalue weighted by Gasteiger charge is 2.26. The van der Waals surface area contributed by atoms with Gasteiger partial charge in [-0.25, -0.2) is 16.8 Å². The van der Waals surface area contributed by atoms with Gasteiger partial charge in [-0.05, 0) is 18.6 Å². The molecule has 0 spiro atoms. The third kappa shape index (κ3) is 2.30. The Balaban J connectivity index is 2.79. The Morgan fingerprint density at radius 1 is 1.29 bits per heavy atom. The maximum Gasteiger partial charge on any atom is 0.180 e. The predicted octanol–water partition coefficient (Wildman–Crippen LogP) is 0.679. The molecule has 1 aromatic rings. The molecule has 0 bridgehead atoms. The van der Waals surface area contributed by atoms with Gasteiger partial charge in [-0.15, -0.1) is 0 Å². The van der Waals surface area contributed by atoms with Crippen molar-refractivity contribution in [2.24, 2.45) is 0 Å². The van der Waals surface area contributed by atoms with Gasteiger partial charge < -0.3 is 5.32 Å². The number of rotatable bonds is 1. The topological polar surface area (TPSA) is 80.3 Å². The predicted molar refractivity (Wildman–Crippen MR) is 64.7 cm³/mol. The Bertz CT molecular complexity index is 647. The average Bonchev–Trinajstić information content (AvgIpc) is 2.36. The lowest BCUT2D eigenvalue weighted by Gasteiger charge is -2.11. The highest BCUT2D eigenvalue weighted by molar-refractivity contribution is 7.92. The highest BCUT2D eigenvalue weighted by Crippen LogP contribution is 2.31. The Morgan fingerprint density at radius 3 is 2.65 bits per heavy atom. The molecule has 1 aliphatic rings. The molecule has 0 amide bonds. The standard InChI is InChI=1S/C10H13NO4S2/c1-16(12,13)8-4-2-5-9-10(8)11-6-3-7-17(9,14)15/h2,4-5,11H,3,6-7H2,1H3. The SMILES string of the molecule is CS(=O)(=O)c1cccc2c1NCCCS2(=O)=O. The van der Waals surface area contributed by atoms with Crippen molar-refractivity contribution < 1.29 is 16.8 Å². The van der Waals surface area contributed by atoms with Crippen LogP contribution in [0.3, 0.4) is 0 Å². The van der Waals surface area contributed by atoms with E-state index in [1.807, 2.05) is 0 Å². The van der Waals surface area contributed by atoms with Crippen LogP contribution in [-0.4, -0.2) is 35.4 Å². The molecule has 1 aliphatic heterocycles. The molecule has 0 aromatic heterocycles. The van der Waals surface area contributed by atoms with Gasteiger partial charge in [0.25, 0.3) is 0 Å². The van der Waals surface area contributed by atoms with Crippen LogP contribution in [0.2, 0.25) is 0 Å². The summed E-state index contributed by atoms with van der Waals surface area (Å²) in [6, 6.07) is 4.32. The van der Waals surface area contributed by atoms with E-state index >= 15 is 0 Å². The first-order valence-electron chi connectivity index (χ1n) is 5.12. The van der Waals surface area contributed by atoms with E-state index in [1.54, 1.807) is 0 Å². The van der Waals surface area contributed by atoms with Crippen LogP contribution in [0.5, 0.6) is 0 Å². The minimum atomic E-state index is -3.44. The molecule has 17 heavy (non-hydrogen) atoms. The van der Waals surface area contributed by atoms with Crippen molar-refractivity contribution in [2.75, 3.05) is 23.9 Å².